The lowest BCUT2D eigenvalue weighted by Gasteiger charge is -2.07. The number of anilines is 1. The predicted octanol–water partition coefficient (Wildman–Crippen LogP) is 1.56. The van der Waals surface area contributed by atoms with Crippen molar-refractivity contribution in [3.8, 4) is 0 Å². The Kier molecular flexibility index (Phi) is 4.77. The number of rotatable bonds is 7. The maximum absolute atomic E-state index is 11.7. The van der Waals surface area contributed by atoms with Crippen LogP contribution in [0.4, 0.5) is 5.69 Å². The molecular weight excluding hydrogens is 276 g/mol. The highest BCUT2D eigenvalue weighted by Gasteiger charge is 2.20. The normalized spacial score (nSPS) is 15.1. The van der Waals surface area contributed by atoms with Crippen LogP contribution in [-0.2, 0) is 14.6 Å². The zero-order chi connectivity index (χ0) is 14.6. The lowest BCUT2D eigenvalue weighted by atomic mass is 10.3. The van der Waals surface area contributed by atoms with Crippen LogP contribution in [0.15, 0.2) is 29.2 Å². The molecule has 1 aliphatic carbocycles. The fourth-order valence-corrected chi connectivity index (χ4v) is 2.70. The molecule has 5 nitrogen and oxygen atoms in total. The van der Waals surface area contributed by atoms with Crippen molar-refractivity contribution in [2.75, 3.05) is 17.6 Å². The molecular formula is C14H20N2O3S. The van der Waals surface area contributed by atoms with Crippen LogP contribution in [0.1, 0.15) is 26.2 Å². The lowest BCUT2D eigenvalue weighted by Crippen LogP contribution is -2.23. The summed E-state index contributed by atoms with van der Waals surface area (Å²) in [6.07, 6.45) is 2.83. The summed E-state index contributed by atoms with van der Waals surface area (Å²) in [4.78, 5) is 12.0. The van der Waals surface area contributed by atoms with E-state index in [1.807, 2.05) is 0 Å². The van der Waals surface area contributed by atoms with Crippen molar-refractivity contribution in [2.45, 2.75) is 37.1 Å². The minimum Gasteiger partial charge on any atom is -0.326 e. The molecule has 1 aliphatic rings. The van der Waals surface area contributed by atoms with Crippen molar-refractivity contribution in [1.29, 1.82) is 0 Å². The van der Waals surface area contributed by atoms with Gasteiger partial charge in [0.1, 0.15) is 0 Å². The second-order valence-corrected chi connectivity index (χ2v) is 7.23. The highest BCUT2D eigenvalue weighted by molar-refractivity contribution is 7.91. The van der Waals surface area contributed by atoms with Gasteiger partial charge in [0.15, 0.2) is 9.84 Å². The summed E-state index contributed by atoms with van der Waals surface area (Å²) in [5.41, 5.74) is 0.622. The van der Waals surface area contributed by atoms with Crippen LogP contribution in [0.5, 0.6) is 0 Å². The van der Waals surface area contributed by atoms with Gasteiger partial charge in [-0.3, -0.25) is 4.79 Å². The monoisotopic (exact) mass is 296 g/mol. The van der Waals surface area contributed by atoms with E-state index in [1.54, 1.807) is 19.1 Å². The minimum atomic E-state index is -3.18. The van der Waals surface area contributed by atoms with Crippen molar-refractivity contribution >= 4 is 21.4 Å². The summed E-state index contributed by atoms with van der Waals surface area (Å²) < 4.78 is 23.3. The molecule has 1 aromatic rings. The van der Waals surface area contributed by atoms with E-state index in [0.29, 0.717) is 24.7 Å². The number of carbonyl (C=O) groups excluding carboxylic acids is 1. The van der Waals surface area contributed by atoms with Crippen molar-refractivity contribution < 1.29 is 13.2 Å². The van der Waals surface area contributed by atoms with Gasteiger partial charge in [0.2, 0.25) is 5.91 Å². The van der Waals surface area contributed by atoms with Crippen LogP contribution in [0, 0.1) is 0 Å². The Morgan fingerprint density at radius 2 is 1.90 bits per heavy atom. The number of benzene rings is 1. The van der Waals surface area contributed by atoms with Gasteiger partial charge in [-0.25, -0.2) is 8.42 Å². The molecule has 0 radical (unpaired) electrons. The SMILES string of the molecule is CCS(=O)(=O)c1ccc(NC(=O)CCNC2CC2)cc1. The summed E-state index contributed by atoms with van der Waals surface area (Å²) in [6, 6.07) is 6.89. The molecule has 1 saturated carbocycles. The molecule has 0 atom stereocenters. The van der Waals surface area contributed by atoms with Gasteiger partial charge in [-0.15, -0.1) is 0 Å². The summed E-state index contributed by atoms with van der Waals surface area (Å²) in [7, 11) is -3.18. The fourth-order valence-electron chi connectivity index (χ4n) is 1.81. The third-order valence-corrected chi connectivity index (χ3v) is 4.99. The lowest BCUT2D eigenvalue weighted by molar-refractivity contribution is -0.116. The molecule has 0 unspecified atom stereocenters. The third kappa shape index (κ3) is 4.31. The highest BCUT2D eigenvalue weighted by atomic mass is 32.2. The van der Waals surface area contributed by atoms with E-state index in [2.05, 4.69) is 10.6 Å². The number of amides is 1. The maximum atomic E-state index is 11.7. The van der Waals surface area contributed by atoms with Crippen LogP contribution < -0.4 is 10.6 Å². The van der Waals surface area contributed by atoms with E-state index in [1.165, 1.54) is 25.0 Å². The van der Waals surface area contributed by atoms with Gasteiger partial charge in [0.25, 0.3) is 0 Å². The highest BCUT2D eigenvalue weighted by Crippen LogP contribution is 2.18. The van der Waals surface area contributed by atoms with Crippen LogP contribution >= 0.6 is 0 Å². The first-order valence-electron chi connectivity index (χ1n) is 6.87. The summed E-state index contributed by atoms with van der Waals surface area (Å²) in [5, 5.41) is 6.03. The van der Waals surface area contributed by atoms with E-state index in [9.17, 15) is 13.2 Å². The van der Waals surface area contributed by atoms with E-state index in [4.69, 9.17) is 0 Å². The molecule has 1 amide bonds. The Bertz CT molecular complexity index is 563. The summed E-state index contributed by atoms with van der Waals surface area (Å²) >= 11 is 0. The molecule has 1 fully saturated rings. The van der Waals surface area contributed by atoms with Gasteiger partial charge in [0, 0.05) is 24.7 Å². The standard InChI is InChI=1S/C14H20N2O3S/c1-2-20(18,19)13-7-5-12(6-8-13)16-14(17)9-10-15-11-3-4-11/h5-8,11,15H,2-4,9-10H2,1H3,(H,16,17). The summed E-state index contributed by atoms with van der Waals surface area (Å²) in [6.45, 7) is 2.29. The Morgan fingerprint density at radius 3 is 2.45 bits per heavy atom. The van der Waals surface area contributed by atoms with Crippen LogP contribution in [0.25, 0.3) is 0 Å². The summed E-state index contributed by atoms with van der Waals surface area (Å²) in [5.74, 6) is 0.00943. The molecule has 0 saturated heterocycles. The molecule has 2 rings (SSSR count). The molecule has 0 bridgehead atoms. The Labute approximate surface area is 119 Å². The molecule has 0 spiro atoms. The molecule has 110 valence electrons. The largest absolute Gasteiger partial charge is 0.326 e. The van der Waals surface area contributed by atoms with Gasteiger partial charge in [-0.2, -0.15) is 0 Å². The second-order valence-electron chi connectivity index (χ2n) is 4.95. The van der Waals surface area contributed by atoms with Gasteiger partial charge >= 0.3 is 0 Å². The first-order valence-corrected chi connectivity index (χ1v) is 8.52. The molecule has 0 aromatic heterocycles. The molecule has 2 N–H and O–H groups in total. The number of nitrogens with one attached hydrogen (secondary N) is 2. The van der Waals surface area contributed by atoms with Gasteiger partial charge in [-0.1, -0.05) is 6.92 Å². The second kappa shape index (κ2) is 6.37. The van der Waals surface area contributed by atoms with Crippen molar-refractivity contribution in [3.05, 3.63) is 24.3 Å². The minimum absolute atomic E-state index is 0.0655. The Morgan fingerprint density at radius 1 is 1.25 bits per heavy atom. The smallest absolute Gasteiger partial charge is 0.225 e. The molecule has 20 heavy (non-hydrogen) atoms. The predicted molar refractivity (Wildman–Crippen MR) is 78.4 cm³/mol. The van der Waals surface area contributed by atoms with E-state index in [0.717, 1.165) is 0 Å². The van der Waals surface area contributed by atoms with E-state index < -0.39 is 9.84 Å². The van der Waals surface area contributed by atoms with Gasteiger partial charge in [-0.05, 0) is 37.1 Å². The Balaban J connectivity index is 1.84. The molecule has 6 heteroatoms. The number of hydrogen-bond donors (Lipinski definition) is 2. The quantitative estimate of drug-likeness (QED) is 0.800. The zero-order valence-electron chi connectivity index (χ0n) is 11.6. The average Bonchev–Trinajstić information content (AvgIpc) is 3.23. The topological polar surface area (TPSA) is 75.3 Å². The van der Waals surface area contributed by atoms with Crippen molar-refractivity contribution in [1.82, 2.24) is 5.32 Å². The molecule has 0 heterocycles. The maximum Gasteiger partial charge on any atom is 0.225 e. The zero-order valence-corrected chi connectivity index (χ0v) is 12.4. The number of sulfone groups is 1. The molecule has 1 aromatic carbocycles. The Hall–Kier alpha value is -1.40. The molecule has 0 aliphatic heterocycles. The van der Waals surface area contributed by atoms with Crippen molar-refractivity contribution in [3.63, 3.8) is 0 Å². The average molecular weight is 296 g/mol. The fraction of sp³-hybridized carbons (Fsp3) is 0.500. The van der Waals surface area contributed by atoms with E-state index >= 15 is 0 Å². The van der Waals surface area contributed by atoms with E-state index in [-0.39, 0.29) is 16.6 Å². The first kappa shape index (κ1) is 15.0. The van der Waals surface area contributed by atoms with Crippen molar-refractivity contribution in [2.24, 2.45) is 0 Å². The number of hydrogen-bond acceptors (Lipinski definition) is 4. The number of carbonyl (C=O) groups is 1. The van der Waals surface area contributed by atoms with Crippen LogP contribution in [0.3, 0.4) is 0 Å². The van der Waals surface area contributed by atoms with Crippen LogP contribution in [-0.4, -0.2) is 32.7 Å². The van der Waals surface area contributed by atoms with Gasteiger partial charge < -0.3 is 10.6 Å². The van der Waals surface area contributed by atoms with Crippen LogP contribution in [0.2, 0.25) is 0 Å². The third-order valence-electron chi connectivity index (χ3n) is 3.24. The van der Waals surface area contributed by atoms with Gasteiger partial charge in [0.05, 0.1) is 10.6 Å². The first-order chi connectivity index (χ1) is 9.51.